The van der Waals surface area contributed by atoms with Crippen LogP contribution in [-0.4, -0.2) is 63.9 Å². The van der Waals surface area contributed by atoms with Gasteiger partial charge in [-0.1, -0.05) is 32.1 Å². The van der Waals surface area contributed by atoms with Gasteiger partial charge in [0.05, 0.1) is 0 Å². The Balaban J connectivity index is 2.98. The Morgan fingerprint density at radius 3 is 1.41 bits per heavy atom. The number of hydrogen-bond donors (Lipinski definition) is 5. The van der Waals surface area contributed by atoms with Crippen LogP contribution >= 0.6 is 0 Å². The van der Waals surface area contributed by atoms with E-state index >= 15 is 0 Å². The maximum atomic E-state index is 10.4. The summed E-state index contributed by atoms with van der Waals surface area (Å²) in [6, 6.07) is 0. The van der Waals surface area contributed by atoms with Gasteiger partial charge in [-0.25, -0.2) is 0 Å². The van der Waals surface area contributed by atoms with Gasteiger partial charge < -0.3 is 26.4 Å². The van der Waals surface area contributed by atoms with Crippen LogP contribution in [0, 0.1) is 0 Å². The first-order valence-electron chi connectivity index (χ1n) is 11.3. The summed E-state index contributed by atoms with van der Waals surface area (Å²) in [4.78, 5) is 10.4. The molecule has 0 atom stereocenters. The van der Waals surface area contributed by atoms with E-state index in [4.69, 9.17) is 5.11 Å². The molecule has 0 aliphatic rings. The van der Waals surface area contributed by atoms with E-state index in [0.29, 0.717) is 6.42 Å². The van der Waals surface area contributed by atoms with E-state index in [-0.39, 0.29) is 0 Å². The van der Waals surface area contributed by atoms with E-state index in [1.807, 2.05) is 7.05 Å². The summed E-state index contributed by atoms with van der Waals surface area (Å²) >= 11 is 0. The van der Waals surface area contributed by atoms with Gasteiger partial charge in [-0.2, -0.15) is 0 Å². The van der Waals surface area contributed by atoms with Crippen LogP contribution < -0.4 is 21.3 Å². The fourth-order valence-corrected chi connectivity index (χ4v) is 3.01. The lowest BCUT2D eigenvalue weighted by atomic mass is 10.1. The molecule has 162 valence electrons. The average molecular weight is 387 g/mol. The van der Waals surface area contributed by atoms with Crippen LogP contribution in [0.4, 0.5) is 0 Å². The summed E-state index contributed by atoms with van der Waals surface area (Å²) in [6.45, 7) is 7.57. The van der Waals surface area contributed by atoms with Gasteiger partial charge in [0.15, 0.2) is 0 Å². The van der Waals surface area contributed by atoms with Crippen LogP contribution in [0.3, 0.4) is 0 Å². The van der Waals surface area contributed by atoms with Crippen molar-refractivity contribution in [3.05, 3.63) is 0 Å². The van der Waals surface area contributed by atoms with Crippen LogP contribution in [0.15, 0.2) is 0 Å². The molecule has 27 heavy (non-hydrogen) atoms. The van der Waals surface area contributed by atoms with Gasteiger partial charge in [0.2, 0.25) is 0 Å². The fraction of sp³-hybridized carbons (Fsp3) is 0.952. The van der Waals surface area contributed by atoms with Crippen molar-refractivity contribution in [3.8, 4) is 0 Å². The monoisotopic (exact) mass is 386 g/mol. The zero-order valence-electron chi connectivity index (χ0n) is 17.8. The smallest absolute Gasteiger partial charge is 0.303 e. The molecule has 0 rings (SSSR count). The predicted molar refractivity (Wildman–Crippen MR) is 116 cm³/mol. The SMILES string of the molecule is CNCCCCNCCNCCCCCCCCCNCCCCC(=O)O. The largest absolute Gasteiger partial charge is 0.481 e. The highest BCUT2D eigenvalue weighted by atomic mass is 16.4. The third kappa shape index (κ3) is 25.3. The molecular weight excluding hydrogens is 340 g/mol. The zero-order valence-corrected chi connectivity index (χ0v) is 17.8. The molecule has 6 nitrogen and oxygen atoms in total. The molecule has 0 bridgehead atoms. The van der Waals surface area contributed by atoms with Crippen molar-refractivity contribution in [2.45, 2.75) is 77.0 Å². The quantitative estimate of drug-likeness (QED) is 0.174. The third-order valence-electron chi connectivity index (χ3n) is 4.71. The number of aliphatic carboxylic acids is 1. The summed E-state index contributed by atoms with van der Waals surface area (Å²) in [5, 5.41) is 22.1. The molecule has 0 aromatic heterocycles. The predicted octanol–water partition coefficient (Wildman–Crippen LogP) is 2.74. The van der Waals surface area contributed by atoms with Gasteiger partial charge in [0, 0.05) is 19.5 Å². The summed E-state index contributed by atoms with van der Waals surface area (Å²) in [5.74, 6) is -0.686. The molecule has 0 fully saturated rings. The first-order chi connectivity index (χ1) is 13.3. The second kappa shape index (κ2) is 23.3. The normalized spacial score (nSPS) is 11.1. The second-order valence-electron chi connectivity index (χ2n) is 7.39. The molecular formula is C21H46N4O2. The van der Waals surface area contributed by atoms with Crippen molar-refractivity contribution in [2.75, 3.05) is 52.9 Å². The van der Waals surface area contributed by atoms with Crippen LogP contribution in [0.1, 0.15) is 77.0 Å². The van der Waals surface area contributed by atoms with Crippen LogP contribution in [-0.2, 0) is 4.79 Å². The third-order valence-corrected chi connectivity index (χ3v) is 4.71. The first-order valence-corrected chi connectivity index (χ1v) is 11.3. The number of carbonyl (C=O) groups is 1. The molecule has 0 aromatic carbocycles. The van der Waals surface area contributed by atoms with Crippen LogP contribution in [0.25, 0.3) is 0 Å². The van der Waals surface area contributed by atoms with E-state index in [0.717, 1.165) is 58.7 Å². The minimum atomic E-state index is -0.686. The Hall–Kier alpha value is -0.690. The maximum absolute atomic E-state index is 10.4. The Labute approximate surface area is 167 Å². The number of carboxylic acids is 1. The Morgan fingerprint density at radius 2 is 0.926 bits per heavy atom. The van der Waals surface area contributed by atoms with Gasteiger partial charge in [0.1, 0.15) is 0 Å². The lowest BCUT2D eigenvalue weighted by Gasteiger charge is -2.07. The Kier molecular flexibility index (Phi) is 22.8. The molecule has 0 spiro atoms. The molecule has 0 amide bonds. The summed E-state index contributed by atoms with van der Waals surface area (Å²) < 4.78 is 0. The van der Waals surface area contributed by atoms with Crippen LogP contribution in [0.5, 0.6) is 0 Å². The molecule has 0 aliphatic carbocycles. The molecule has 0 saturated carbocycles. The van der Waals surface area contributed by atoms with Crippen molar-refractivity contribution in [2.24, 2.45) is 0 Å². The number of carboxylic acid groups (broad SMARTS) is 1. The highest BCUT2D eigenvalue weighted by Gasteiger charge is 1.96. The fourth-order valence-electron chi connectivity index (χ4n) is 3.01. The number of unbranched alkanes of at least 4 members (excludes halogenated alkanes) is 8. The average Bonchev–Trinajstić information content (AvgIpc) is 2.65. The van der Waals surface area contributed by atoms with Crippen molar-refractivity contribution in [1.29, 1.82) is 0 Å². The lowest BCUT2D eigenvalue weighted by Crippen LogP contribution is -2.28. The molecule has 0 saturated heterocycles. The first kappa shape index (κ1) is 26.3. The molecule has 0 aliphatic heterocycles. The van der Waals surface area contributed by atoms with Gasteiger partial charge in [-0.05, 0) is 78.3 Å². The topological polar surface area (TPSA) is 85.4 Å². The van der Waals surface area contributed by atoms with Gasteiger partial charge in [-0.15, -0.1) is 0 Å². The molecule has 6 heteroatoms. The number of rotatable bonds is 23. The van der Waals surface area contributed by atoms with Gasteiger partial charge in [0.25, 0.3) is 0 Å². The number of nitrogens with one attached hydrogen (secondary N) is 4. The van der Waals surface area contributed by atoms with E-state index in [1.54, 1.807) is 0 Å². The molecule has 0 heterocycles. The molecule has 5 N–H and O–H groups in total. The van der Waals surface area contributed by atoms with Crippen molar-refractivity contribution < 1.29 is 9.90 Å². The highest BCUT2D eigenvalue weighted by Crippen LogP contribution is 2.06. The molecule has 0 radical (unpaired) electrons. The van der Waals surface area contributed by atoms with Crippen molar-refractivity contribution >= 4 is 5.97 Å². The Bertz CT molecular complexity index is 304. The lowest BCUT2D eigenvalue weighted by molar-refractivity contribution is -0.137. The second-order valence-corrected chi connectivity index (χ2v) is 7.39. The maximum Gasteiger partial charge on any atom is 0.303 e. The van der Waals surface area contributed by atoms with Crippen molar-refractivity contribution in [3.63, 3.8) is 0 Å². The minimum absolute atomic E-state index is 0.297. The van der Waals surface area contributed by atoms with Gasteiger partial charge in [-0.3, -0.25) is 4.79 Å². The van der Waals surface area contributed by atoms with Crippen molar-refractivity contribution in [1.82, 2.24) is 21.3 Å². The van der Waals surface area contributed by atoms with E-state index in [2.05, 4.69) is 21.3 Å². The van der Waals surface area contributed by atoms with E-state index < -0.39 is 5.97 Å². The van der Waals surface area contributed by atoms with E-state index in [1.165, 1.54) is 57.8 Å². The van der Waals surface area contributed by atoms with Gasteiger partial charge >= 0.3 is 5.97 Å². The number of hydrogen-bond acceptors (Lipinski definition) is 5. The molecule has 0 unspecified atom stereocenters. The summed E-state index contributed by atoms with van der Waals surface area (Å²) in [6.07, 6.45) is 13.8. The summed E-state index contributed by atoms with van der Waals surface area (Å²) in [7, 11) is 2.01. The van der Waals surface area contributed by atoms with Crippen LogP contribution in [0.2, 0.25) is 0 Å². The van der Waals surface area contributed by atoms with E-state index in [9.17, 15) is 4.79 Å². The Morgan fingerprint density at radius 1 is 0.556 bits per heavy atom. The standard InChI is InChI=1S/C21H46N4O2/c1-22-14-11-12-18-25-20-19-24-16-9-6-4-2-3-5-8-15-23-17-10-7-13-21(26)27/h22-25H,2-20H2,1H3,(H,26,27). The highest BCUT2D eigenvalue weighted by molar-refractivity contribution is 5.66. The minimum Gasteiger partial charge on any atom is -0.481 e. The molecule has 0 aromatic rings. The summed E-state index contributed by atoms with van der Waals surface area (Å²) in [5.41, 5.74) is 0. The zero-order chi connectivity index (χ0) is 19.8.